The predicted octanol–water partition coefficient (Wildman–Crippen LogP) is 7.96. The summed E-state index contributed by atoms with van der Waals surface area (Å²) in [4.78, 5) is 45.1. The molecule has 1 fully saturated rings. The lowest BCUT2D eigenvalue weighted by molar-refractivity contribution is -0.0366. The van der Waals surface area contributed by atoms with Crippen molar-refractivity contribution in [3.8, 4) is 11.8 Å². The van der Waals surface area contributed by atoms with E-state index in [0.717, 1.165) is 17.0 Å². The van der Waals surface area contributed by atoms with E-state index in [9.17, 15) is 14.0 Å². The second kappa shape index (κ2) is 18.8. The number of aromatic hydroxyl groups is 1. The van der Waals surface area contributed by atoms with Crippen LogP contribution in [0.4, 0.5) is 33.5 Å². The van der Waals surface area contributed by atoms with Crippen molar-refractivity contribution in [3.05, 3.63) is 111 Å². The third-order valence-electron chi connectivity index (χ3n) is 9.17. The molecule has 0 atom stereocenters. The number of hydrogen-bond acceptors (Lipinski definition) is 13. The van der Waals surface area contributed by atoms with Crippen LogP contribution in [0, 0.1) is 28.0 Å². The summed E-state index contributed by atoms with van der Waals surface area (Å²) in [5.41, 5.74) is 7.01. The Balaban J connectivity index is 0.000000559. The minimum atomic E-state index is -0.891. The lowest BCUT2D eigenvalue weighted by Crippen LogP contribution is -2.63. The van der Waals surface area contributed by atoms with Gasteiger partial charge in [-0.3, -0.25) is 14.3 Å². The summed E-state index contributed by atoms with van der Waals surface area (Å²) in [5.74, 6) is -0.542. The summed E-state index contributed by atoms with van der Waals surface area (Å²) in [5, 5.41) is 26.8. The highest BCUT2D eigenvalue weighted by Crippen LogP contribution is 2.53. The molecule has 0 radical (unpaired) electrons. The molecule has 0 unspecified atom stereocenters. The van der Waals surface area contributed by atoms with E-state index in [0.29, 0.717) is 46.4 Å². The standard InChI is InChI=1S/C33H38BrFN10O2S.C7H4ClNO/c1-32(2)18-33(3,4)29(32)44-28(47)19-15-38-31(39-16-19)45(5)14-13-40-48-21-11-9-20(10-12-21)41-30-37-17-22(34)27(43-30)42-24-8-6-7-23(35)25(24)26(36)46;8-7-3-6(10)2-1-5(7)4-9/h6-12,15-17,29,40H,13-14,18H2,1-5H3,(H2,36,46)(H,44,47)(H2,37,41,42,43);1-3,10H. The minimum Gasteiger partial charge on any atom is -0.508 e. The molecule has 1 saturated carbocycles. The quantitative estimate of drug-likeness (QED) is 0.0491. The van der Waals surface area contributed by atoms with Gasteiger partial charge in [0.15, 0.2) is 0 Å². The second-order valence-corrected chi connectivity index (χ2v) is 16.9. The van der Waals surface area contributed by atoms with Crippen LogP contribution in [-0.4, -0.2) is 63.0 Å². The van der Waals surface area contributed by atoms with Crippen LogP contribution in [0.5, 0.6) is 5.75 Å². The molecule has 0 aliphatic heterocycles. The van der Waals surface area contributed by atoms with E-state index in [2.05, 4.69) is 84.2 Å². The first-order chi connectivity index (χ1) is 27.5. The number of nitrogens with zero attached hydrogens (tertiary/aromatic N) is 6. The molecule has 1 aliphatic rings. The topological polar surface area (TPSA) is 207 Å². The summed E-state index contributed by atoms with van der Waals surface area (Å²) in [7, 11) is 1.90. The predicted molar refractivity (Wildman–Crippen MR) is 228 cm³/mol. The Morgan fingerprint density at radius 2 is 1.74 bits per heavy atom. The molecule has 0 bridgehead atoms. The molecule has 0 spiro atoms. The normalized spacial score (nSPS) is 13.8. The number of aromatic nitrogens is 4. The third kappa shape index (κ3) is 11.1. The fourth-order valence-corrected chi connectivity index (χ4v) is 7.98. The third-order valence-corrected chi connectivity index (χ3v) is 10.9. The van der Waals surface area contributed by atoms with Crippen LogP contribution in [-0.2, 0) is 0 Å². The van der Waals surface area contributed by atoms with Gasteiger partial charge in [0.1, 0.15) is 23.5 Å². The summed E-state index contributed by atoms with van der Waals surface area (Å²) < 4.78 is 18.0. The van der Waals surface area contributed by atoms with E-state index in [-0.39, 0.29) is 44.8 Å². The number of nitrogens with one attached hydrogen (secondary N) is 4. The maximum atomic E-state index is 14.2. The van der Waals surface area contributed by atoms with Gasteiger partial charge < -0.3 is 31.7 Å². The van der Waals surface area contributed by atoms with Gasteiger partial charge in [-0.1, -0.05) is 45.4 Å². The molecule has 6 rings (SSSR count). The van der Waals surface area contributed by atoms with Gasteiger partial charge in [-0.15, -0.1) is 0 Å². The van der Waals surface area contributed by atoms with Crippen molar-refractivity contribution in [2.45, 2.75) is 45.1 Å². The number of amides is 2. The van der Waals surface area contributed by atoms with Crippen LogP contribution in [0.15, 0.2) is 88.6 Å². The van der Waals surface area contributed by atoms with Crippen molar-refractivity contribution in [2.75, 3.05) is 35.7 Å². The van der Waals surface area contributed by atoms with Crippen LogP contribution in [0.2, 0.25) is 5.02 Å². The zero-order chi connectivity index (χ0) is 42.2. The molecule has 18 heteroatoms. The first-order valence-corrected chi connectivity index (χ1v) is 19.8. The molecule has 5 aromatic rings. The van der Waals surface area contributed by atoms with Gasteiger partial charge in [0.25, 0.3) is 11.8 Å². The van der Waals surface area contributed by atoms with Crippen LogP contribution < -0.4 is 31.3 Å². The SMILES string of the molecule is CN(CCNSc1ccc(Nc2ncc(Br)c(Nc3cccc(F)c3C(N)=O)n2)cc1)c1ncc(C(=O)NC2C(C)(C)CC2(C)C)cn1.N#Cc1ccc(O)cc1Cl. The van der Waals surface area contributed by atoms with Crippen molar-refractivity contribution >= 4 is 80.4 Å². The number of rotatable bonds is 13. The van der Waals surface area contributed by atoms with Gasteiger partial charge in [-0.25, -0.2) is 19.3 Å². The van der Waals surface area contributed by atoms with Crippen LogP contribution in [0.1, 0.15) is 60.4 Å². The number of primary amides is 1. The van der Waals surface area contributed by atoms with Gasteiger partial charge in [-0.2, -0.15) is 10.2 Å². The average molecular weight is 891 g/mol. The first kappa shape index (κ1) is 43.6. The van der Waals surface area contributed by atoms with E-state index in [1.165, 1.54) is 48.3 Å². The number of nitrogens with two attached hydrogens (primary N) is 1. The van der Waals surface area contributed by atoms with E-state index in [4.69, 9.17) is 27.7 Å². The van der Waals surface area contributed by atoms with Crippen LogP contribution in [0.3, 0.4) is 0 Å². The van der Waals surface area contributed by atoms with Gasteiger partial charge in [0.05, 0.1) is 31.9 Å². The van der Waals surface area contributed by atoms with Gasteiger partial charge in [0.2, 0.25) is 11.9 Å². The minimum absolute atomic E-state index is 0.0655. The number of anilines is 5. The van der Waals surface area contributed by atoms with Crippen LogP contribution >= 0.6 is 39.5 Å². The molecular weight excluding hydrogens is 849 g/mol. The Kier molecular flexibility index (Phi) is 14.1. The Labute approximate surface area is 353 Å². The number of benzene rings is 3. The lowest BCUT2D eigenvalue weighted by Gasteiger charge is -2.57. The lowest BCUT2D eigenvalue weighted by atomic mass is 9.52. The summed E-state index contributed by atoms with van der Waals surface area (Å²) in [6.45, 7) is 10.0. The Morgan fingerprint density at radius 1 is 1.05 bits per heavy atom. The molecule has 2 aromatic heterocycles. The molecule has 0 saturated heterocycles. The number of likely N-dealkylation sites (N-methyl/N-ethyl adjacent to an activating group) is 1. The molecule has 3 aromatic carbocycles. The molecule has 1 aliphatic carbocycles. The molecular formula is C40H42BrClFN11O3S. The Bertz CT molecular complexity index is 2300. The highest BCUT2D eigenvalue weighted by atomic mass is 79.9. The molecule has 7 N–H and O–H groups in total. The molecule has 58 heavy (non-hydrogen) atoms. The number of carbonyl (C=O) groups excluding carboxylic acids is 2. The number of phenols is 1. The highest BCUT2D eigenvalue weighted by Gasteiger charge is 2.53. The Morgan fingerprint density at radius 3 is 2.36 bits per heavy atom. The number of carbonyl (C=O) groups is 2. The van der Waals surface area contributed by atoms with Crippen molar-refractivity contribution in [1.29, 1.82) is 5.26 Å². The average Bonchev–Trinajstić information content (AvgIpc) is 3.17. The first-order valence-electron chi connectivity index (χ1n) is 17.8. The molecule has 2 heterocycles. The zero-order valence-corrected chi connectivity index (χ0v) is 35.4. The summed E-state index contributed by atoms with van der Waals surface area (Å²) in [6, 6.07) is 18.1. The van der Waals surface area contributed by atoms with Crippen molar-refractivity contribution in [3.63, 3.8) is 0 Å². The van der Waals surface area contributed by atoms with Gasteiger partial charge in [0, 0.05) is 55.4 Å². The maximum absolute atomic E-state index is 14.2. The smallest absolute Gasteiger partial charge is 0.254 e. The largest absolute Gasteiger partial charge is 0.508 e. The fraction of sp³-hybridized carbons (Fsp3) is 0.275. The maximum Gasteiger partial charge on any atom is 0.254 e. The molecule has 302 valence electrons. The fourth-order valence-electron chi connectivity index (χ4n) is 6.84. The Hall–Kier alpha value is -5.54. The van der Waals surface area contributed by atoms with E-state index < -0.39 is 11.7 Å². The van der Waals surface area contributed by atoms with E-state index in [1.807, 2.05) is 42.3 Å². The highest BCUT2D eigenvalue weighted by molar-refractivity contribution is 9.10. The zero-order valence-electron chi connectivity index (χ0n) is 32.3. The molecule has 14 nitrogen and oxygen atoms in total. The monoisotopic (exact) mass is 889 g/mol. The number of phenolic OH excluding ortho intramolecular Hbond substituents is 1. The van der Waals surface area contributed by atoms with E-state index >= 15 is 0 Å². The van der Waals surface area contributed by atoms with Crippen molar-refractivity contribution < 1.29 is 19.1 Å². The van der Waals surface area contributed by atoms with Crippen molar-refractivity contribution in [1.82, 2.24) is 30.0 Å². The number of hydrogen-bond donors (Lipinski definition) is 6. The van der Waals surface area contributed by atoms with Crippen LogP contribution in [0.25, 0.3) is 0 Å². The van der Waals surface area contributed by atoms with Crippen molar-refractivity contribution in [2.24, 2.45) is 16.6 Å². The van der Waals surface area contributed by atoms with Gasteiger partial charge >= 0.3 is 0 Å². The summed E-state index contributed by atoms with van der Waals surface area (Å²) in [6.07, 6.45) is 5.75. The number of halogens is 3. The molecule has 2 amide bonds. The second-order valence-electron chi connectivity index (χ2n) is 14.7. The number of nitriles is 1. The van der Waals surface area contributed by atoms with Gasteiger partial charge in [-0.05, 0) is 99.7 Å². The van der Waals surface area contributed by atoms with E-state index in [1.54, 1.807) is 18.6 Å². The summed E-state index contributed by atoms with van der Waals surface area (Å²) >= 11 is 10.4.